The molecule has 36 heavy (non-hydrogen) atoms. The highest BCUT2D eigenvalue weighted by Gasteiger charge is 2.35. The summed E-state index contributed by atoms with van der Waals surface area (Å²) < 4.78 is 29.7. The number of carbonyl (C=O) groups is 1. The number of aryl methyl sites for hydroxylation is 1. The van der Waals surface area contributed by atoms with Crippen molar-refractivity contribution in [2.24, 2.45) is 12.5 Å². The lowest BCUT2D eigenvalue weighted by Gasteiger charge is -2.25. The fraction of sp³-hybridized carbons (Fsp3) is 0.458. The van der Waals surface area contributed by atoms with Crippen molar-refractivity contribution in [3.63, 3.8) is 0 Å². The number of hydrogen-bond donors (Lipinski definition) is 3. The molecule has 1 atom stereocenters. The van der Waals surface area contributed by atoms with Crippen LogP contribution in [0.4, 0.5) is 10.6 Å². The van der Waals surface area contributed by atoms with Gasteiger partial charge in [-0.1, -0.05) is 45.0 Å². The van der Waals surface area contributed by atoms with Crippen LogP contribution in [0.2, 0.25) is 0 Å². The Morgan fingerprint density at radius 2 is 1.69 bits per heavy atom. The Morgan fingerprint density at radius 3 is 2.22 bits per heavy atom. The zero-order chi connectivity index (χ0) is 27.1. The molecule has 3 N–H and O–H groups in total. The molecule has 0 spiro atoms. The second-order valence-corrected chi connectivity index (χ2v) is 12.5. The number of anilines is 1. The Kier molecular flexibility index (Phi) is 7.36. The average Bonchev–Trinajstić information content (AvgIpc) is 3.30. The number of aromatic nitrogens is 4. The average molecular weight is 519 g/mol. The first kappa shape index (κ1) is 27.4. The normalized spacial score (nSPS) is 14.1. The largest absolute Gasteiger partial charge is 0.465 e. The summed E-state index contributed by atoms with van der Waals surface area (Å²) in [6.45, 7) is 7.64. The van der Waals surface area contributed by atoms with Crippen LogP contribution in [0.5, 0.6) is 0 Å². The first-order valence-electron chi connectivity index (χ1n) is 11.4. The number of imidazole rings is 1. The zero-order valence-corrected chi connectivity index (χ0v) is 22.5. The lowest BCUT2D eigenvalue weighted by atomic mass is 9.91. The quantitative estimate of drug-likeness (QED) is 0.416. The van der Waals surface area contributed by atoms with Crippen molar-refractivity contribution in [1.82, 2.24) is 23.0 Å². The highest BCUT2D eigenvalue weighted by Crippen LogP contribution is 2.31. The van der Waals surface area contributed by atoms with E-state index in [4.69, 9.17) is 5.11 Å². The SMILES string of the molecule is CN(C)S(=O)(=O)n1cc(CC(C)(C)C)nc1C(C)(O)Cc1ccc(-c2cn(C)nc2NC(=O)O)cc1. The van der Waals surface area contributed by atoms with E-state index in [1.54, 1.807) is 44.4 Å². The van der Waals surface area contributed by atoms with Crippen LogP contribution in [0.1, 0.15) is 44.8 Å². The summed E-state index contributed by atoms with van der Waals surface area (Å²) in [5.41, 5.74) is 0.950. The number of aliphatic hydroxyl groups is 1. The lowest BCUT2D eigenvalue weighted by molar-refractivity contribution is 0.0473. The van der Waals surface area contributed by atoms with Gasteiger partial charge in [0, 0.05) is 45.5 Å². The van der Waals surface area contributed by atoms with Gasteiger partial charge in [-0.15, -0.1) is 0 Å². The van der Waals surface area contributed by atoms with Crippen molar-refractivity contribution in [3.05, 3.63) is 53.7 Å². The Hall–Kier alpha value is -3.22. The fourth-order valence-corrected chi connectivity index (χ4v) is 4.98. The third kappa shape index (κ3) is 6.12. The van der Waals surface area contributed by atoms with Crippen molar-refractivity contribution in [2.45, 2.75) is 46.1 Å². The molecule has 12 heteroatoms. The van der Waals surface area contributed by atoms with E-state index in [2.05, 4.69) is 15.4 Å². The summed E-state index contributed by atoms with van der Waals surface area (Å²) >= 11 is 0. The van der Waals surface area contributed by atoms with Crippen LogP contribution in [0.25, 0.3) is 11.1 Å². The standard InChI is InChI=1S/C24H34N6O5S/c1-23(2,3)13-18-14-30(36(34,35)28(5)6)21(25-18)24(4,33)12-16-8-10-17(11-9-16)19-15-29(7)27-20(19)26-22(31)32/h8-11,14-15,33H,12-13H2,1-7H3,(H,26,27)(H,31,32). The van der Waals surface area contributed by atoms with Gasteiger partial charge in [-0.05, 0) is 29.9 Å². The van der Waals surface area contributed by atoms with Gasteiger partial charge in [-0.3, -0.25) is 10.00 Å². The van der Waals surface area contributed by atoms with E-state index in [0.29, 0.717) is 17.7 Å². The number of carboxylic acid groups (broad SMARTS) is 1. The highest BCUT2D eigenvalue weighted by molar-refractivity contribution is 7.87. The summed E-state index contributed by atoms with van der Waals surface area (Å²) in [6, 6.07) is 7.18. The van der Waals surface area contributed by atoms with Gasteiger partial charge in [-0.2, -0.15) is 17.8 Å². The van der Waals surface area contributed by atoms with Crippen LogP contribution in [0.3, 0.4) is 0 Å². The number of benzene rings is 1. The first-order valence-corrected chi connectivity index (χ1v) is 12.8. The molecule has 0 fully saturated rings. The van der Waals surface area contributed by atoms with Crippen LogP contribution in [-0.2, 0) is 35.7 Å². The van der Waals surface area contributed by atoms with E-state index < -0.39 is 21.9 Å². The summed E-state index contributed by atoms with van der Waals surface area (Å²) in [5.74, 6) is 0.256. The van der Waals surface area contributed by atoms with Crippen molar-refractivity contribution in [3.8, 4) is 11.1 Å². The molecule has 0 saturated carbocycles. The van der Waals surface area contributed by atoms with Crippen molar-refractivity contribution >= 4 is 22.1 Å². The monoisotopic (exact) mass is 518 g/mol. The molecule has 2 heterocycles. The van der Waals surface area contributed by atoms with Gasteiger partial charge in [-0.25, -0.2) is 13.8 Å². The number of rotatable bonds is 8. The van der Waals surface area contributed by atoms with Gasteiger partial charge in [0.05, 0.1) is 5.69 Å². The molecule has 0 bridgehead atoms. The molecule has 2 aromatic heterocycles. The maximum atomic E-state index is 13.0. The molecule has 1 amide bonds. The van der Waals surface area contributed by atoms with Crippen LogP contribution in [-0.4, -0.2) is 61.9 Å². The maximum Gasteiger partial charge on any atom is 0.410 e. The van der Waals surface area contributed by atoms with Gasteiger partial charge < -0.3 is 10.2 Å². The van der Waals surface area contributed by atoms with Crippen LogP contribution in [0.15, 0.2) is 36.7 Å². The molecule has 196 valence electrons. The second kappa shape index (κ2) is 9.68. The van der Waals surface area contributed by atoms with Crippen molar-refractivity contribution in [2.75, 3.05) is 19.4 Å². The van der Waals surface area contributed by atoms with Crippen molar-refractivity contribution < 1.29 is 23.4 Å². The van der Waals surface area contributed by atoms with Gasteiger partial charge in [0.25, 0.3) is 0 Å². The number of hydrogen-bond acceptors (Lipinski definition) is 6. The zero-order valence-electron chi connectivity index (χ0n) is 21.6. The van der Waals surface area contributed by atoms with Gasteiger partial charge in [0.1, 0.15) is 5.60 Å². The Morgan fingerprint density at radius 1 is 1.08 bits per heavy atom. The van der Waals surface area contributed by atoms with E-state index in [1.807, 2.05) is 20.8 Å². The van der Waals surface area contributed by atoms with Crippen LogP contribution < -0.4 is 5.32 Å². The molecular weight excluding hydrogens is 484 g/mol. The molecule has 0 aliphatic heterocycles. The smallest absolute Gasteiger partial charge is 0.410 e. The minimum Gasteiger partial charge on any atom is -0.465 e. The van der Waals surface area contributed by atoms with Crippen molar-refractivity contribution in [1.29, 1.82) is 0 Å². The maximum absolute atomic E-state index is 13.0. The summed E-state index contributed by atoms with van der Waals surface area (Å²) in [6.07, 6.45) is 2.62. The Bertz CT molecular complexity index is 1350. The molecule has 3 rings (SSSR count). The number of nitrogens with one attached hydrogen (secondary N) is 1. The van der Waals surface area contributed by atoms with E-state index in [0.717, 1.165) is 19.4 Å². The molecule has 1 aromatic carbocycles. The van der Waals surface area contributed by atoms with Gasteiger partial charge >= 0.3 is 16.3 Å². The number of amides is 1. The molecule has 0 aliphatic rings. The van der Waals surface area contributed by atoms with E-state index in [-0.39, 0.29) is 23.5 Å². The van der Waals surface area contributed by atoms with Gasteiger partial charge in [0.15, 0.2) is 11.6 Å². The summed E-state index contributed by atoms with van der Waals surface area (Å²) in [4.78, 5) is 15.6. The predicted molar refractivity (Wildman–Crippen MR) is 137 cm³/mol. The van der Waals surface area contributed by atoms with E-state index in [9.17, 15) is 18.3 Å². The third-order valence-electron chi connectivity index (χ3n) is 5.50. The Labute approximate surface area is 211 Å². The second-order valence-electron chi connectivity index (χ2n) is 10.5. The molecular formula is C24H34N6O5S. The van der Waals surface area contributed by atoms with E-state index in [1.165, 1.54) is 25.0 Å². The fourth-order valence-electron chi connectivity index (χ4n) is 3.92. The molecule has 0 saturated heterocycles. The lowest BCUT2D eigenvalue weighted by Crippen LogP contribution is -2.35. The number of nitrogens with zero attached hydrogens (tertiary/aromatic N) is 5. The minimum absolute atomic E-state index is 0.0414. The third-order valence-corrected chi connectivity index (χ3v) is 7.19. The predicted octanol–water partition coefficient (Wildman–Crippen LogP) is 3.07. The first-order chi connectivity index (χ1) is 16.5. The molecule has 1 unspecified atom stereocenters. The Balaban J connectivity index is 1.95. The molecule has 0 radical (unpaired) electrons. The van der Waals surface area contributed by atoms with Gasteiger partial charge in [0.2, 0.25) is 0 Å². The topological polar surface area (TPSA) is 143 Å². The van der Waals surface area contributed by atoms with Crippen LogP contribution in [0, 0.1) is 5.41 Å². The molecule has 11 nitrogen and oxygen atoms in total. The highest BCUT2D eigenvalue weighted by atomic mass is 32.2. The van der Waals surface area contributed by atoms with Crippen LogP contribution >= 0.6 is 0 Å². The van der Waals surface area contributed by atoms with E-state index >= 15 is 0 Å². The molecule has 0 aliphatic carbocycles. The minimum atomic E-state index is -3.91. The molecule has 3 aromatic rings. The summed E-state index contributed by atoms with van der Waals surface area (Å²) in [7, 11) is 0.650. The summed E-state index contributed by atoms with van der Waals surface area (Å²) in [5, 5.41) is 26.9.